The van der Waals surface area contributed by atoms with Crippen LogP contribution in [-0.2, 0) is 6.42 Å². The van der Waals surface area contributed by atoms with E-state index in [-0.39, 0.29) is 5.82 Å². The van der Waals surface area contributed by atoms with Crippen molar-refractivity contribution in [3.63, 3.8) is 0 Å². The van der Waals surface area contributed by atoms with Crippen LogP contribution in [0.25, 0.3) is 11.1 Å². The summed E-state index contributed by atoms with van der Waals surface area (Å²) in [6.45, 7) is 0.627. The van der Waals surface area contributed by atoms with Crippen LogP contribution in [0.4, 0.5) is 4.39 Å². The third-order valence-electron chi connectivity index (χ3n) is 4.37. The van der Waals surface area contributed by atoms with Gasteiger partial charge in [0.1, 0.15) is 11.6 Å². The molecule has 138 valence electrons. The molecule has 0 heterocycles. The number of rotatable bonds is 8. The predicted octanol–water partition coefficient (Wildman–Crippen LogP) is 4.99. The Balaban J connectivity index is 1.45. The second kappa shape index (κ2) is 8.99. The van der Waals surface area contributed by atoms with E-state index in [0.29, 0.717) is 12.2 Å². The Morgan fingerprint density at radius 2 is 1.56 bits per heavy atom. The fraction of sp³-hybridized carbons (Fsp3) is 0.174. The van der Waals surface area contributed by atoms with Crippen molar-refractivity contribution in [3.05, 3.63) is 89.7 Å². The van der Waals surface area contributed by atoms with E-state index in [1.165, 1.54) is 6.07 Å². The van der Waals surface area contributed by atoms with Gasteiger partial charge in [0.05, 0.1) is 6.61 Å². The predicted molar refractivity (Wildman–Crippen MR) is 105 cm³/mol. The number of hydrogen-bond donors (Lipinski definition) is 1. The maximum atomic E-state index is 13.1. The first-order chi connectivity index (χ1) is 13.1. The summed E-state index contributed by atoms with van der Waals surface area (Å²) in [6, 6.07) is 21.8. The molecule has 4 heteroatoms. The van der Waals surface area contributed by atoms with Crippen LogP contribution in [0.3, 0.4) is 0 Å². The molecule has 3 aromatic rings. The first kappa shape index (κ1) is 18.6. The summed E-state index contributed by atoms with van der Waals surface area (Å²) < 4.78 is 18.9. The van der Waals surface area contributed by atoms with Crippen molar-refractivity contribution < 1.29 is 13.9 Å². The van der Waals surface area contributed by atoms with Crippen molar-refractivity contribution >= 4 is 5.91 Å². The van der Waals surface area contributed by atoms with Crippen LogP contribution in [0, 0.1) is 5.82 Å². The smallest absolute Gasteiger partial charge is 0.248 e. The Morgan fingerprint density at radius 3 is 2.19 bits per heavy atom. The molecule has 0 saturated carbocycles. The molecule has 0 aliphatic carbocycles. The lowest BCUT2D eigenvalue weighted by molar-refractivity contribution is 0.100. The highest BCUT2D eigenvalue weighted by molar-refractivity contribution is 5.93. The number of ether oxygens (including phenoxy) is 1. The lowest BCUT2D eigenvalue weighted by atomic mass is 10.0. The Bertz CT molecular complexity index is 889. The van der Waals surface area contributed by atoms with E-state index in [9.17, 15) is 9.18 Å². The molecule has 0 aliphatic rings. The van der Waals surface area contributed by atoms with Crippen LogP contribution in [0.2, 0.25) is 0 Å². The molecular weight excluding hydrogens is 341 g/mol. The van der Waals surface area contributed by atoms with Gasteiger partial charge in [0, 0.05) is 5.56 Å². The number of nitrogens with two attached hydrogens (primary N) is 1. The van der Waals surface area contributed by atoms with Crippen LogP contribution in [0.15, 0.2) is 72.8 Å². The maximum absolute atomic E-state index is 13.1. The monoisotopic (exact) mass is 363 g/mol. The average molecular weight is 363 g/mol. The van der Waals surface area contributed by atoms with E-state index in [1.54, 1.807) is 24.3 Å². The number of carbonyl (C=O) groups is 1. The molecule has 3 rings (SSSR count). The number of halogens is 1. The second-order valence-electron chi connectivity index (χ2n) is 6.40. The van der Waals surface area contributed by atoms with Gasteiger partial charge in [-0.15, -0.1) is 0 Å². The van der Waals surface area contributed by atoms with E-state index in [2.05, 4.69) is 0 Å². The number of hydrogen-bond acceptors (Lipinski definition) is 2. The van der Waals surface area contributed by atoms with Gasteiger partial charge in [0.2, 0.25) is 5.91 Å². The van der Waals surface area contributed by atoms with Gasteiger partial charge in [0.15, 0.2) is 0 Å². The van der Waals surface area contributed by atoms with E-state index in [0.717, 1.165) is 41.7 Å². The Morgan fingerprint density at radius 1 is 0.889 bits per heavy atom. The summed E-state index contributed by atoms with van der Waals surface area (Å²) in [5.74, 6) is 0.203. The first-order valence-electron chi connectivity index (χ1n) is 8.99. The topological polar surface area (TPSA) is 52.3 Å². The third-order valence-corrected chi connectivity index (χ3v) is 4.37. The maximum Gasteiger partial charge on any atom is 0.248 e. The summed E-state index contributed by atoms with van der Waals surface area (Å²) in [7, 11) is 0. The van der Waals surface area contributed by atoms with Crippen LogP contribution in [0.1, 0.15) is 28.8 Å². The summed E-state index contributed by atoms with van der Waals surface area (Å²) in [6.07, 6.45) is 2.71. The van der Waals surface area contributed by atoms with Crippen molar-refractivity contribution in [3.8, 4) is 16.9 Å². The van der Waals surface area contributed by atoms with Crippen molar-refractivity contribution in [1.29, 1.82) is 0 Å². The Kier molecular flexibility index (Phi) is 6.21. The molecule has 2 N–H and O–H groups in total. The molecule has 0 saturated heterocycles. The highest BCUT2D eigenvalue weighted by atomic mass is 19.1. The number of amides is 1. The van der Waals surface area contributed by atoms with Gasteiger partial charge < -0.3 is 10.5 Å². The zero-order chi connectivity index (χ0) is 19.1. The van der Waals surface area contributed by atoms with Gasteiger partial charge in [-0.3, -0.25) is 4.79 Å². The van der Waals surface area contributed by atoms with Crippen LogP contribution in [0.5, 0.6) is 5.75 Å². The van der Waals surface area contributed by atoms with E-state index in [1.807, 2.05) is 42.5 Å². The quantitative estimate of drug-likeness (QED) is 0.573. The van der Waals surface area contributed by atoms with Gasteiger partial charge in [-0.05, 0) is 72.4 Å². The molecule has 1 amide bonds. The zero-order valence-corrected chi connectivity index (χ0v) is 15.0. The minimum Gasteiger partial charge on any atom is -0.494 e. The molecule has 27 heavy (non-hydrogen) atoms. The first-order valence-corrected chi connectivity index (χ1v) is 8.99. The highest BCUT2D eigenvalue weighted by Crippen LogP contribution is 2.23. The SMILES string of the molecule is NC(=O)c1ccc(-c2ccc(OCCCCc3cccc(F)c3)cc2)cc1. The molecule has 0 unspecified atom stereocenters. The Labute approximate surface area is 158 Å². The van der Waals surface area contributed by atoms with Gasteiger partial charge in [0.25, 0.3) is 0 Å². The number of carbonyl (C=O) groups excluding carboxylic acids is 1. The minimum atomic E-state index is -0.428. The third kappa shape index (κ3) is 5.42. The van der Waals surface area contributed by atoms with E-state index < -0.39 is 5.91 Å². The van der Waals surface area contributed by atoms with Gasteiger partial charge in [-0.25, -0.2) is 4.39 Å². The second-order valence-corrected chi connectivity index (χ2v) is 6.40. The summed E-state index contributed by atoms with van der Waals surface area (Å²) in [5, 5.41) is 0. The molecule has 0 aliphatic heterocycles. The summed E-state index contributed by atoms with van der Waals surface area (Å²) >= 11 is 0. The fourth-order valence-electron chi connectivity index (χ4n) is 2.88. The van der Waals surface area contributed by atoms with Crippen molar-refractivity contribution in [1.82, 2.24) is 0 Å². The molecule has 0 fully saturated rings. The molecule has 0 radical (unpaired) electrons. The lowest BCUT2D eigenvalue weighted by Gasteiger charge is -2.08. The molecule has 0 bridgehead atoms. The van der Waals surface area contributed by atoms with Crippen LogP contribution < -0.4 is 10.5 Å². The van der Waals surface area contributed by atoms with Gasteiger partial charge >= 0.3 is 0 Å². The average Bonchev–Trinajstić information content (AvgIpc) is 2.68. The zero-order valence-electron chi connectivity index (χ0n) is 15.0. The van der Waals surface area contributed by atoms with Crippen LogP contribution in [-0.4, -0.2) is 12.5 Å². The summed E-state index contributed by atoms with van der Waals surface area (Å²) in [5.41, 5.74) is 8.83. The number of aryl methyl sites for hydroxylation is 1. The molecule has 3 nitrogen and oxygen atoms in total. The van der Waals surface area contributed by atoms with Gasteiger partial charge in [-0.1, -0.05) is 36.4 Å². The molecular formula is C23H22FNO2. The molecule has 0 atom stereocenters. The molecule has 0 spiro atoms. The van der Waals surface area contributed by atoms with Gasteiger partial charge in [-0.2, -0.15) is 0 Å². The van der Waals surface area contributed by atoms with Crippen molar-refractivity contribution in [2.45, 2.75) is 19.3 Å². The Hall–Kier alpha value is -3.14. The highest BCUT2D eigenvalue weighted by Gasteiger charge is 2.03. The normalized spacial score (nSPS) is 10.6. The molecule has 3 aromatic carbocycles. The summed E-state index contributed by atoms with van der Waals surface area (Å²) in [4.78, 5) is 11.1. The largest absolute Gasteiger partial charge is 0.494 e. The van der Waals surface area contributed by atoms with Crippen LogP contribution >= 0.6 is 0 Å². The van der Waals surface area contributed by atoms with E-state index in [4.69, 9.17) is 10.5 Å². The van der Waals surface area contributed by atoms with E-state index >= 15 is 0 Å². The fourth-order valence-corrected chi connectivity index (χ4v) is 2.88. The number of benzene rings is 3. The lowest BCUT2D eigenvalue weighted by Crippen LogP contribution is -2.10. The molecule has 0 aromatic heterocycles. The number of unbranched alkanes of at least 4 members (excludes halogenated alkanes) is 1. The van der Waals surface area contributed by atoms with Crippen molar-refractivity contribution in [2.24, 2.45) is 5.73 Å². The van der Waals surface area contributed by atoms with Crippen molar-refractivity contribution in [2.75, 3.05) is 6.61 Å². The number of primary amides is 1. The minimum absolute atomic E-state index is 0.187. The standard InChI is InChI=1S/C23H22FNO2/c24-21-6-3-5-17(16-21)4-1-2-15-27-22-13-11-19(12-14-22)18-7-9-20(10-8-18)23(25)26/h3,5-14,16H,1-2,4,15H2,(H2,25,26).